The smallest absolute Gasteiger partial charge is 0.0648 e. The van der Waals surface area contributed by atoms with E-state index in [1.165, 1.54) is 12.0 Å². The normalized spacial score (nSPS) is 19.9. The van der Waals surface area contributed by atoms with Crippen molar-refractivity contribution in [3.63, 3.8) is 0 Å². The van der Waals surface area contributed by atoms with Gasteiger partial charge in [-0.3, -0.25) is 4.90 Å². The molecule has 19 heavy (non-hydrogen) atoms. The minimum absolute atomic E-state index is 0.263. The van der Waals surface area contributed by atoms with E-state index in [0.717, 1.165) is 25.2 Å². The third-order valence-electron chi connectivity index (χ3n) is 3.77. The molecule has 2 aromatic rings. The molecule has 1 aliphatic heterocycles. The van der Waals surface area contributed by atoms with Crippen LogP contribution in [0.15, 0.2) is 42.7 Å². The summed E-state index contributed by atoms with van der Waals surface area (Å²) in [5, 5.41) is 13.6. The Balaban J connectivity index is 1.76. The first-order valence-electron chi connectivity index (χ1n) is 6.80. The van der Waals surface area contributed by atoms with Crippen LogP contribution in [-0.4, -0.2) is 39.0 Å². The minimum Gasteiger partial charge on any atom is -0.395 e. The maximum absolute atomic E-state index is 9.36. The van der Waals surface area contributed by atoms with Gasteiger partial charge in [0, 0.05) is 25.0 Å². The van der Waals surface area contributed by atoms with Crippen molar-refractivity contribution in [3.05, 3.63) is 48.3 Å². The second kappa shape index (κ2) is 5.55. The van der Waals surface area contributed by atoms with Crippen LogP contribution in [0.1, 0.15) is 18.4 Å². The van der Waals surface area contributed by atoms with Crippen molar-refractivity contribution in [2.75, 3.05) is 13.2 Å². The Morgan fingerprint density at radius 3 is 3.05 bits per heavy atom. The molecule has 1 aromatic carbocycles. The molecule has 100 valence electrons. The van der Waals surface area contributed by atoms with Crippen molar-refractivity contribution in [1.82, 2.24) is 14.7 Å². The van der Waals surface area contributed by atoms with Gasteiger partial charge in [0.2, 0.25) is 0 Å². The van der Waals surface area contributed by atoms with Crippen LogP contribution < -0.4 is 0 Å². The van der Waals surface area contributed by atoms with Crippen LogP contribution in [0.25, 0.3) is 5.69 Å². The fourth-order valence-corrected chi connectivity index (χ4v) is 2.76. The number of aromatic nitrogens is 2. The Bertz CT molecular complexity index is 524. The highest BCUT2D eigenvalue weighted by Gasteiger charge is 2.23. The summed E-state index contributed by atoms with van der Waals surface area (Å²) in [7, 11) is 0. The highest BCUT2D eigenvalue weighted by Crippen LogP contribution is 2.20. The number of rotatable bonds is 4. The molecule has 2 heterocycles. The number of hydrogen-bond donors (Lipinski definition) is 1. The molecule has 1 atom stereocenters. The van der Waals surface area contributed by atoms with Gasteiger partial charge in [0.1, 0.15) is 0 Å². The Kier molecular flexibility index (Phi) is 3.62. The zero-order chi connectivity index (χ0) is 13.1. The summed E-state index contributed by atoms with van der Waals surface area (Å²) in [6.45, 7) is 2.25. The molecular formula is C15H19N3O. The average Bonchev–Trinajstić information content (AvgIpc) is 3.10. The number of likely N-dealkylation sites (tertiary alicyclic amines) is 1. The largest absolute Gasteiger partial charge is 0.395 e. The van der Waals surface area contributed by atoms with E-state index >= 15 is 0 Å². The summed E-state index contributed by atoms with van der Waals surface area (Å²) < 4.78 is 1.87. The van der Waals surface area contributed by atoms with Crippen molar-refractivity contribution in [2.45, 2.75) is 25.4 Å². The molecule has 1 aliphatic rings. The monoisotopic (exact) mass is 257 g/mol. The van der Waals surface area contributed by atoms with Gasteiger partial charge >= 0.3 is 0 Å². The van der Waals surface area contributed by atoms with Crippen LogP contribution in [0, 0.1) is 0 Å². The van der Waals surface area contributed by atoms with Gasteiger partial charge in [-0.15, -0.1) is 0 Å². The molecule has 1 saturated heterocycles. The minimum atomic E-state index is 0.263. The highest BCUT2D eigenvalue weighted by molar-refractivity contribution is 5.35. The van der Waals surface area contributed by atoms with E-state index in [2.05, 4.69) is 34.3 Å². The van der Waals surface area contributed by atoms with Gasteiger partial charge in [0.05, 0.1) is 12.3 Å². The van der Waals surface area contributed by atoms with Gasteiger partial charge in [-0.1, -0.05) is 12.1 Å². The Labute approximate surface area is 113 Å². The maximum atomic E-state index is 9.36. The van der Waals surface area contributed by atoms with Crippen molar-refractivity contribution in [1.29, 1.82) is 0 Å². The average molecular weight is 257 g/mol. The molecule has 4 heteroatoms. The third kappa shape index (κ3) is 2.69. The first kappa shape index (κ1) is 12.4. The third-order valence-corrected chi connectivity index (χ3v) is 3.77. The number of nitrogens with zero attached hydrogens (tertiary/aromatic N) is 3. The Hall–Kier alpha value is -1.65. The fraction of sp³-hybridized carbons (Fsp3) is 0.400. The molecular weight excluding hydrogens is 238 g/mol. The Morgan fingerprint density at radius 2 is 2.26 bits per heavy atom. The number of aliphatic hydroxyl groups is 1. The molecule has 1 fully saturated rings. The summed E-state index contributed by atoms with van der Waals surface area (Å²) in [4.78, 5) is 2.36. The molecule has 1 aromatic heterocycles. The maximum Gasteiger partial charge on any atom is 0.0648 e. The topological polar surface area (TPSA) is 41.3 Å². The van der Waals surface area contributed by atoms with Crippen molar-refractivity contribution in [2.24, 2.45) is 0 Å². The molecule has 0 radical (unpaired) electrons. The van der Waals surface area contributed by atoms with E-state index in [9.17, 15) is 5.11 Å². The van der Waals surface area contributed by atoms with E-state index in [1.807, 2.05) is 16.9 Å². The first-order valence-corrected chi connectivity index (χ1v) is 6.80. The standard InChI is InChI=1S/C15H19N3O/c19-12-15-6-2-8-17(15)11-13-4-1-5-14(10-13)18-9-3-7-16-18/h1,3-5,7,9-10,15,19H,2,6,8,11-12H2/t15-/m1/s1. The number of benzene rings is 1. The Morgan fingerprint density at radius 1 is 1.32 bits per heavy atom. The quantitative estimate of drug-likeness (QED) is 0.908. The molecule has 3 rings (SSSR count). The molecule has 0 bridgehead atoms. The van der Waals surface area contributed by atoms with Crippen molar-refractivity contribution < 1.29 is 5.11 Å². The van der Waals surface area contributed by atoms with E-state index in [4.69, 9.17) is 0 Å². The second-order valence-corrected chi connectivity index (χ2v) is 5.07. The van der Waals surface area contributed by atoms with Gasteiger partial charge in [0.25, 0.3) is 0 Å². The summed E-state index contributed by atoms with van der Waals surface area (Å²) in [5.41, 5.74) is 2.36. The van der Waals surface area contributed by atoms with Crippen LogP contribution in [0.4, 0.5) is 0 Å². The van der Waals surface area contributed by atoms with Gasteiger partial charge in [-0.2, -0.15) is 5.10 Å². The predicted molar refractivity (Wildman–Crippen MR) is 74.1 cm³/mol. The molecule has 1 N–H and O–H groups in total. The fourth-order valence-electron chi connectivity index (χ4n) is 2.76. The van der Waals surface area contributed by atoms with E-state index in [1.54, 1.807) is 6.20 Å². The van der Waals surface area contributed by atoms with Gasteiger partial charge < -0.3 is 5.11 Å². The van der Waals surface area contributed by atoms with Crippen LogP contribution in [0.3, 0.4) is 0 Å². The summed E-state index contributed by atoms with van der Waals surface area (Å²) >= 11 is 0. The summed E-state index contributed by atoms with van der Waals surface area (Å²) in [6.07, 6.45) is 6.03. The van der Waals surface area contributed by atoms with Crippen LogP contribution in [0.2, 0.25) is 0 Å². The lowest BCUT2D eigenvalue weighted by atomic mass is 10.1. The lowest BCUT2D eigenvalue weighted by molar-refractivity contribution is 0.153. The van der Waals surface area contributed by atoms with Gasteiger partial charge in [-0.25, -0.2) is 4.68 Å². The van der Waals surface area contributed by atoms with Gasteiger partial charge in [-0.05, 0) is 43.1 Å². The molecule has 4 nitrogen and oxygen atoms in total. The zero-order valence-corrected chi connectivity index (χ0v) is 10.9. The van der Waals surface area contributed by atoms with Crippen LogP contribution in [0.5, 0.6) is 0 Å². The predicted octanol–water partition coefficient (Wildman–Crippen LogP) is 1.83. The highest BCUT2D eigenvalue weighted by atomic mass is 16.3. The van der Waals surface area contributed by atoms with Crippen molar-refractivity contribution in [3.8, 4) is 5.69 Å². The van der Waals surface area contributed by atoms with E-state index < -0.39 is 0 Å². The number of aliphatic hydroxyl groups excluding tert-OH is 1. The zero-order valence-electron chi connectivity index (χ0n) is 10.9. The van der Waals surface area contributed by atoms with Crippen molar-refractivity contribution >= 4 is 0 Å². The number of hydrogen-bond acceptors (Lipinski definition) is 3. The molecule has 0 aliphatic carbocycles. The molecule has 0 unspecified atom stereocenters. The molecule has 0 amide bonds. The molecule has 0 saturated carbocycles. The lowest BCUT2D eigenvalue weighted by Crippen LogP contribution is -2.31. The van der Waals surface area contributed by atoms with E-state index in [-0.39, 0.29) is 6.61 Å². The lowest BCUT2D eigenvalue weighted by Gasteiger charge is -2.22. The summed E-state index contributed by atoms with van der Waals surface area (Å²) in [5.74, 6) is 0. The van der Waals surface area contributed by atoms with Crippen LogP contribution >= 0.6 is 0 Å². The first-order chi connectivity index (χ1) is 9.36. The molecule has 0 spiro atoms. The van der Waals surface area contributed by atoms with Crippen LogP contribution in [-0.2, 0) is 6.54 Å². The SMILES string of the molecule is OC[C@H]1CCCN1Cc1cccc(-n2cccn2)c1. The summed E-state index contributed by atoms with van der Waals surface area (Å²) in [6, 6.07) is 10.7. The second-order valence-electron chi connectivity index (χ2n) is 5.07. The van der Waals surface area contributed by atoms with E-state index in [0.29, 0.717) is 6.04 Å². The van der Waals surface area contributed by atoms with Gasteiger partial charge in [0.15, 0.2) is 0 Å².